The summed E-state index contributed by atoms with van der Waals surface area (Å²) in [6.45, 7) is 2.25. The molecule has 5 heteroatoms. The highest BCUT2D eigenvalue weighted by molar-refractivity contribution is 6.31. The fourth-order valence-corrected chi connectivity index (χ4v) is 2.04. The van der Waals surface area contributed by atoms with Gasteiger partial charge in [0, 0.05) is 16.1 Å². The van der Waals surface area contributed by atoms with E-state index in [2.05, 4.69) is 0 Å². The lowest BCUT2D eigenvalue weighted by molar-refractivity contribution is 0.296. The fraction of sp³-hybridized carbons (Fsp3) is 0.188. The van der Waals surface area contributed by atoms with Crippen LogP contribution in [0.5, 0.6) is 11.5 Å². The molecule has 0 aliphatic rings. The summed E-state index contributed by atoms with van der Waals surface area (Å²) in [5, 5.41) is 8.20. The number of methoxy groups -OCH3 is 1. The number of nitrogen functional groups attached to an aromatic ring is 1. The van der Waals surface area contributed by atoms with Gasteiger partial charge in [-0.25, -0.2) is 0 Å². The number of ether oxygens (including phenoxy) is 2. The van der Waals surface area contributed by atoms with E-state index in [9.17, 15) is 0 Å². The summed E-state index contributed by atoms with van der Waals surface area (Å²) < 4.78 is 11.1. The van der Waals surface area contributed by atoms with Gasteiger partial charge in [0.15, 0.2) is 0 Å². The monoisotopic (exact) mass is 304 g/mol. The fourth-order valence-electron chi connectivity index (χ4n) is 1.93. The molecule has 0 radical (unpaired) electrons. The lowest BCUT2D eigenvalue weighted by Gasteiger charge is -2.12. The van der Waals surface area contributed by atoms with Gasteiger partial charge in [0.05, 0.1) is 7.11 Å². The van der Waals surface area contributed by atoms with Gasteiger partial charge in [-0.05, 0) is 48.9 Å². The van der Waals surface area contributed by atoms with E-state index in [1.807, 2.05) is 19.1 Å². The zero-order valence-electron chi connectivity index (χ0n) is 11.9. The third-order valence-electron chi connectivity index (χ3n) is 3.12. The van der Waals surface area contributed by atoms with Crippen LogP contribution < -0.4 is 15.2 Å². The molecule has 21 heavy (non-hydrogen) atoms. The van der Waals surface area contributed by atoms with E-state index in [0.29, 0.717) is 22.9 Å². The number of amidine groups is 1. The van der Waals surface area contributed by atoms with Crippen molar-refractivity contribution in [3.63, 3.8) is 0 Å². The first-order valence-electron chi connectivity index (χ1n) is 6.41. The van der Waals surface area contributed by atoms with Crippen LogP contribution >= 0.6 is 11.6 Å². The van der Waals surface area contributed by atoms with E-state index in [1.54, 1.807) is 31.4 Å². The Hall–Kier alpha value is -2.20. The van der Waals surface area contributed by atoms with Gasteiger partial charge in [0.2, 0.25) is 0 Å². The third-order valence-corrected chi connectivity index (χ3v) is 3.54. The molecule has 0 saturated carbocycles. The molecule has 0 bridgehead atoms. The van der Waals surface area contributed by atoms with Crippen LogP contribution in [0.1, 0.15) is 16.7 Å². The standard InChI is InChI=1S/C16H17ClN2O2/c1-10-7-13(4-5-14(10)17)21-9-12-8-11(16(18)19)3-6-15(12)20-2/h3-8H,9H2,1-2H3,(H3,18,19). The Kier molecular flexibility index (Phi) is 4.70. The molecular weight excluding hydrogens is 288 g/mol. The molecule has 0 aliphatic carbocycles. The molecule has 0 atom stereocenters. The lowest BCUT2D eigenvalue weighted by Crippen LogP contribution is -2.12. The summed E-state index contributed by atoms with van der Waals surface area (Å²) in [5.74, 6) is 1.44. The molecule has 0 aromatic heterocycles. The molecule has 2 rings (SSSR count). The Morgan fingerprint density at radius 2 is 2.00 bits per heavy atom. The first-order valence-corrected chi connectivity index (χ1v) is 6.79. The van der Waals surface area contributed by atoms with Crippen molar-refractivity contribution >= 4 is 17.4 Å². The van der Waals surface area contributed by atoms with Crippen LogP contribution in [0.25, 0.3) is 0 Å². The van der Waals surface area contributed by atoms with Crippen molar-refractivity contribution < 1.29 is 9.47 Å². The molecule has 0 aliphatic heterocycles. The average Bonchev–Trinajstić information content (AvgIpc) is 2.48. The second-order valence-corrected chi connectivity index (χ2v) is 5.05. The van der Waals surface area contributed by atoms with E-state index >= 15 is 0 Å². The SMILES string of the molecule is COc1ccc(C(=N)N)cc1COc1ccc(Cl)c(C)c1. The predicted molar refractivity (Wildman–Crippen MR) is 84.5 cm³/mol. The number of hydrogen-bond acceptors (Lipinski definition) is 3. The first kappa shape index (κ1) is 15.2. The maximum absolute atomic E-state index is 7.49. The predicted octanol–water partition coefficient (Wildman–Crippen LogP) is 3.52. The number of aryl methyl sites for hydroxylation is 1. The molecule has 3 N–H and O–H groups in total. The molecule has 0 spiro atoms. The van der Waals surface area contributed by atoms with Crippen molar-refractivity contribution in [3.8, 4) is 11.5 Å². The number of nitrogens with two attached hydrogens (primary N) is 1. The highest BCUT2D eigenvalue weighted by atomic mass is 35.5. The second kappa shape index (κ2) is 6.50. The molecule has 110 valence electrons. The molecule has 2 aromatic rings. The van der Waals surface area contributed by atoms with Crippen molar-refractivity contribution in [3.05, 3.63) is 58.1 Å². The van der Waals surface area contributed by atoms with E-state index in [4.69, 9.17) is 32.2 Å². The minimum atomic E-state index is 0.0150. The van der Waals surface area contributed by atoms with Crippen LogP contribution in [0.2, 0.25) is 5.02 Å². The Morgan fingerprint density at radius 3 is 2.62 bits per heavy atom. The Balaban J connectivity index is 2.19. The summed E-state index contributed by atoms with van der Waals surface area (Å²) in [4.78, 5) is 0. The molecule has 0 saturated heterocycles. The van der Waals surface area contributed by atoms with Crippen LogP contribution in [-0.2, 0) is 6.61 Å². The highest BCUT2D eigenvalue weighted by Crippen LogP contribution is 2.24. The van der Waals surface area contributed by atoms with Crippen molar-refractivity contribution in [2.45, 2.75) is 13.5 Å². The molecule has 0 amide bonds. The lowest BCUT2D eigenvalue weighted by atomic mass is 10.1. The Labute approximate surface area is 129 Å². The van der Waals surface area contributed by atoms with Gasteiger partial charge < -0.3 is 15.2 Å². The summed E-state index contributed by atoms with van der Waals surface area (Å²) >= 11 is 5.99. The van der Waals surface area contributed by atoms with E-state index in [-0.39, 0.29) is 5.84 Å². The van der Waals surface area contributed by atoms with Gasteiger partial charge >= 0.3 is 0 Å². The maximum atomic E-state index is 7.49. The Morgan fingerprint density at radius 1 is 1.24 bits per heavy atom. The normalized spacial score (nSPS) is 10.2. The summed E-state index contributed by atoms with van der Waals surface area (Å²) in [7, 11) is 1.60. The van der Waals surface area contributed by atoms with Gasteiger partial charge in [-0.3, -0.25) is 5.41 Å². The molecule has 0 fully saturated rings. The van der Waals surface area contributed by atoms with E-state index in [1.165, 1.54) is 0 Å². The van der Waals surface area contributed by atoms with Crippen LogP contribution in [-0.4, -0.2) is 12.9 Å². The summed E-state index contributed by atoms with van der Waals surface area (Å²) in [6.07, 6.45) is 0. The largest absolute Gasteiger partial charge is 0.496 e. The molecule has 0 heterocycles. The average molecular weight is 305 g/mol. The number of halogens is 1. The minimum absolute atomic E-state index is 0.0150. The van der Waals surface area contributed by atoms with Crippen molar-refractivity contribution in [1.29, 1.82) is 5.41 Å². The third kappa shape index (κ3) is 3.67. The van der Waals surface area contributed by atoms with Crippen LogP contribution in [0, 0.1) is 12.3 Å². The van der Waals surface area contributed by atoms with Crippen LogP contribution in [0.4, 0.5) is 0 Å². The zero-order valence-corrected chi connectivity index (χ0v) is 12.7. The molecule has 4 nitrogen and oxygen atoms in total. The summed E-state index contributed by atoms with van der Waals surface area (Å²) in [6, 6.07) is 10.8. The summed E-state index contributed by atoms with van der Waals surface area (Å²) in [5.41, 5.74) is 7.93. The van der Waals surface area contributed by atoms with Crippen molar-refractivity contribution in [2.75, 3.05) is 7.11 Å². The van der Waals surface area contributed by atoms with Gasteiger partial charge in [0.25, 0.3) is 0 Å². The number of nitrogens with one attached hydrogen (secondary N) is 1. The van der Waals surface area contributed by atoms with Crippen molar-refractivity contribution in [2.24, 2.45) is 5.73 Å². The van der Waals surface area contributed by atoms with E-state index in [0.717, 1.165) is 16.9 Å². The van der Waals surface area contributed by atoms with Gasteiger partial charge in [-0.1, -0.05) is 11.6 Å². The quantitative estimate of drug-likeness (QED) is 0.656. The minimum Gasteiger partial charge on any atom is -0.496 e. The Bertz CT molecular complexity index is 671. The molecule has 0 unspecified atom stereocenters. The van der Waals surface area contributed by atoms with Crippen molar-refractivity contribution in [1.82, 2.24) is 0 Å². The maximum Gasteiger partial charge on any atom is 0.125 e. The number of benzene rings is 2. The zero-order chi connectivity index (χ0) is 15.4. The van der Waals surface area contributed by atoms with Gasteiger partial charge in [-0.15, -0.1) is 0 Å². The number of rotatable bonds is 5. The molecule has 2 aromatic carbocycles. The van der Waals surface area contributed by atoms with Gasteiger partial charge in [0.1, 0.15) is 23.9 Å². The molecular formula is C16H17ClN2O2. The van der Waals surface area contributed by atoms with Crippen LogP contribution in [0.3, 0.4) is 0 Å². The number of hydrogen-bond donors (Lipinski definition) is 2. The first-order chi connectivity index (χ1) is 10.0. The smallest absolute Gasteiger partial charge is 0.125 e. The van der Waals surface area contributed by atoms with E-state index < -0.39 is 0 Å². The van der Waals surface area contributed by atoms with Crippen LogP contribution in [0.15, 0.2) is 36.4 Å². The second-order valence-electron chi connectivity index (χ2n) is 4.64. The topological polar surface area (TPSA) is 68.3 Å². The highest BCUT2D eigenvalue weighted by Gasteiger charge is 2.08. The van der Waals surface area contributed by atoms with Gasteiger partial charge in [-0.2, -0.15) is 0 Å².